The van der Waals surface area contributed by atoms with Crippen LogP contribution in [-0.2, 0) is 0 Å². The highest BCUT2D eigenvalue weighted by Crippen LogP contribution is 2.31. The van der Waals surface area contributed by atoms with Gasteiger partial charge >= 0.3 is 0 Å². The Hall–Kier alpha value is -0.790. The number of nitrogens with zero attached hydrogens (tertiary/aromatic N) is 2. The van der Waals surface area contributed by atoms with Gasteiger partial charge in [-0.1, -0.05) is 194 Å². The van der Waals surface area contributed by atoms with E-state index in [-0.39, 0.29) is 0 Å². The molecule has 0 N–H and O–H groups in total. The predicted octanol–water partition coefficient (Wildman–Crippen LogP) is 14.3. The first-order valence-electron chi connectivity index (χ1n) is 19.3. The Kier molecular flexibility index (Phi) is 27.3. The quantitative estimate of drug-likeness (QED) is 0.0785. The third-order valence-electron chi connectivity index (χ3n) is 9.58. The molecule has 0 radical (unpaired) electrons. The number of imidazole rings is 1. The Morgan fingerprint density at radius 2 is 0.780 bits per heavy atom. The fourth-order valence-corrected chi connectivity index (χ4v) is 6.71. The van der Waals surface area contributed by atoms with Gasteiger partial charge in [-0.3, -0.25) is 0 Å². The zero-order valence-electron chi connectivity index (χ0n) is 28.9. The van der Waals surface area contributed by atoms with Crippen LogP contribution in [0.1, 0.15) is 238 Å². The van der Waals surface area contributed by atoms with E-state index in [1.165, 1.54) is 198 Å². The van der Waals surface area contributed by atoms with Crippen LogP contribution in [0.3, 0.4) is 0 Å². The average Bonchev–Trinajstić information content (AvgIpc) is 3.47. The molecule has 0 bridgehead atoms. The molecule has 1 aromatic heterocycles. The van der Waals surface area contributed by atoms with Gasteiger partial charge in [0.1, 0.15) is 5.82 Å². The maximum Gasteiger partial charge on any atom is 0.111 e. The minimum absolute atomic E-state index is 0.589. The molecule has 0 spiro atoms. The van der Waals surface area contributed by atoms with E-state index in [9.17, 15) is 0 Å². The summed E-state index contributed by atoms with van der Waals surface area (Å²) in [6, 6.07) is 0.589. The van der Waals surface area contributed by atoms with Gasteiger partial charge in [0, 0.05) is 24.4 Å². The molecule has 1 rings (SSSR count). The molecule has 0 aliphatic rings. The third kappa shape index (κ3) is 21.5. The minimum atomic E-state index is 0.589. The van der Waals surface area contributed by atoms with Crippen molar-refractivity contribution in [1.82, 2.24) is 9.55 Å². The van der Waals surface area contributed by atoms with E-state index in [0.717, 1.165) is 0 Å². The van der Waals surface area contributed by atoms with Gasteiger partial charge in [-0.05, 0) is 26.2 Å². The molecule has 0 aliphatic heterocycles. The number of aromatic nitrogens is 2. The molecule has 242 valence electrons. The first kappa shape index (κ1) is 38.2. The topological polar surface area (TPSA) is 17.8 Å². The van der Waals surface area contributed by atoms with Crippen LogP contribution in [0, 0.1) is 0 Å². The minimum Gasteiger partial charge on any atom is -0.332 e. The number of hydrogen-bond donors (Lipinski definition) is 0. The van der Waals surface area contributed by atoms with Gasteiger partial charge in [-0.25, -0.2) is 4.98 Å². The van der Waals surface area contributed by atoms with E-state index in [1.54, 1.807) is 0 Å². The van der Waals surface area contributed by atoms with Crippen LogP contribution in [0.25, 0.3) is 0 Å². The van der Waals surface area contributed by atoms with Crippen molar-refractivity contribution in [3.8, 4) is 0 Å². The second-order valence-electron chi connectivity index (χ2n) is 13.6. The zero-order valence-corrected chi connectivity index (χ0v) is 28.9. The van der Waals surface area contributed by atoms with Gasteiger partial charge in [0.15, 0.2) is 0 Å². The molecule has 2 heteroatoms. The van der Waals surface area contributed by atoms with Crippen molar-refractivity contribution in [2.75, 3.05) is 0 Å². The maximum absolute atomic E-state index is 5.00. The first-order valence-corrected chi connectivity index (χ1v) is 19.3. The van der Waals surface area contributed by atoms with Gasteiger partial charge in [0.25, 0.3) is 0 Å². The van der Waals surface area contributed by atoms with Crippen LogP contribution in [0.15, 0.2) is 12.4 Å². The fraction of sp³-hybridized carbons (Fsp3) is 0.923. The van der Waals surface area contributed by atoms with E-state index in [0.29, 0.717) is 12.0 Å². The molecule has 0 amide bonds. The Labute approximate surface area is 259 Å². The van der Waals surface area contributed by atoms with E-state index in [1.807, 2.05) is 0 Å². The lowest BCUT2D eigenvalue weighted by Gasteiger charge is -2.22. The van der Waals surface area contributed by atoms with Crippen molar-refractivity contribution in [3.05, 3.63) is 18.2 Å². The van der Waals surface area contributed by atoms with Gasteiger partial charge in [-0.2, -0.15) is 0 Å². The summed E-state index contributed by atoms with van der Waals surface area (Å²) in [6.07, 6.45) is 46.7. The largest absolute Gasteiger partial charge is 0.332 e. The van der Waals surface area contributed by atoms with E-state index < -0.39 is 0 Å². The first-order chi connectivity index (χ1) is 20.2. The Morgan fingerprint density at radius 3 is 1.15 bits per heavy atom. The van der Waals surface area contributed by atoms with Crippen molar-refractivity contribution < 1.29 is 0 Å². The molecule has 41 heavy (non-hydrogen) atoms. The molecule has 2 atom stereocenters. The number of rotatable bonds is 32. The third-order valence-corrected chi connectivity index (χ3v) is 9.58. The lowest BCUT2D eigenvalue weighted by Crippen LogP contribution is -2.13. The highest BCUT2D eigenvalue weighted by atomic mass is 15.1. The summed E-state index contributed by atoms with van der Waals surface area (Å²) >= 11 is 0. The Bertz CT molecular complexity index is 635. The van der Waals surface area contributed by atoms with Crippen LogP contribution in [0.5, 0.6) is 0 Å². The van der Waals surface area contributed by atoms with Crippen LogP contribution in [-0.4, -0.2) is 9.55 Å². The summed E-state index contributed by atoms with van der Waals surface area (Å²) in [5, 5.41) is 0. The highest BCUT2D eigenvalue weighted by molar-refractivity contribution is 5.02. The number of unbranched alkanes of at least 4 members (excludes halogenated alkanes) is 24. The standard InChI is InChI=1S/C39H76N2/c1-5-8-11-14-17-18-19-20-21-22-25-28-31-34-38(33-30-27-24-16-13-10-7-3)39-40-35-36-41(39)37(4)32-29-26-23-15-12-9-6-2/h35-38H,5-34H2,1-4H3. The molecule has 0 saturated heterocycles. The fourth-order valence-electron chi connectivity index (χ4n) is 6.71. The number of hydrogen-bond acceptors (Lipinski definition) is 1. The van der Waals surface area contributed by atoms with E-state index in [2.05, 4.69) is 44.7 Å². The molecule has 1 aromatic rings. The van der Waals surface area contributed by atoms with Gasteiger partial charge in [0.05, 0.1) is 0 Å². The molecular weight excluding hydrogens is 496 g/mol. The Balaban J connectivity index is 2.40. The summed E-state index contributed by atoms with van der Waals surface area (Å²) in [5.74, 6) is 2.07. The zero-order chi connectivity index (χ0) is 29.6. The summed E-state index contributed by atoms with van der Waals surface area (Å²) in [6.45, 7) is 9.38. The molecule has 2 unspecified atom stereocenters. The second-order valence-corrected chi connectivity index (χ2v) is 13.6. The monoisotopic (exact) mass is 573 g/mol. The van der Waals surface area contributed by atoms with Crippen LogP contribution in [0.2, 0.25) is 0 Å². The molecule has 2 nitrogen and oxygen atoms in total. The van der Waals surface area contributed by atoms with Crippen molar-refractivity contribution >= 4 is 0 Å². The summed E-state index contributed by atoms with van der Waals surface area (Å²) < 4.78 is 2.57. The predicted molar refractivity (Wildman–Crippen MR) is 185 cm³/mol. The molecule has 0 aliphatic carbocycles. The van der Waals surface area contributed by atoms with Crippen molar-refractivity contribution in [3.63, 3.8) is 0 Å². The summed E-state index contributed by atoms with van der Waals surface area (Å²) in [4.78, 5) is 5.00. The highest BCUT2D eigenvalue weighted by Gasteiger charge is 2.19. The maximum atomic E-state index is 5.00. The van der Waals surface area contributed by atoms with Crippen LogP contribution < -0.4 is 0 Å². The summed E-state index contributed by atoms with van der Waals surface area (Å²) in [5.41, 5.74) is 0. The van der Waals surface area contributed by atoms with Gasteiger partial charge < -0.3 is 4.57 Å². The average molecular weight is 573 g/mol. The van der Waals surface area contributed by atoms with Gasteiger partial charge in [0.2, 0.25) is 0 Å². The normalized spacial score (nSPS) is 13.2. The molecule has 0 saturated carbocycles. The van der Waals surface area contributed by atoms with Crippen molar-refractivity contribution in [2.24, 2.45) is 0 Å². The van der Waals surface area contributed by atoms with Crippen molar-refractivity contribution in [1.29, 1.82) is 0 Å². The second kappa shape index (κ2) is 29.3. The molecular formula is C39H76N2. The van der Waals surface area contributed by atoms with Crippen LogP contribution in [0.4, 0.5) is 0 Å². The van der Waals surface area contributed by atoms with E-state index >= 15 is 0 Å². The molecule has 1 heterocycles. The molecule has 0 aromatic carbocycles. The SMILES string of the molecule is CCCCCCCCCCCCCCCC(CCCCCCCCC)c1nccn1C(C)CCCCCCCCC. The summed E-state index contributed by atoms with van der Waals surface area (Å²) in [7, 11) is 0. The van der Waals surface area contributed by atoms with Crippen LogP contribution >= 0.6 is 0 Å². The lowest BCUT2D eigenvalue weighted by atomic mass is 9.92. The smallest absolute Gasteiger partial charge is 0.111 e. The van der Waals surface area contributed by atoms with Gasteiger partial charge in [-0.15, -0.1) is 0 Å². The molecule has 0 fully saturated rings. The van der Waals surface area contributed by atoms with E-state index in [4.69, 9.17) is 4.98 Å². The van der Waals surface area contributed by atoms with Crippen molar-refractivity contribution in [2.45, 2.75) is 232 Å². The lowest BCUT2D eigenvalue weighted by molar-refractivity contribution is 0.412. The Morgan fingerprint density at radius 1 is 0.463 bits per heavy atom.